The number of benzene rings is 1. The molecule has 148 valence electrons. The number of anilines is 2. The highest BCUT2D eigenvalue weighted by Gasteiger charge is 2.37. The standard InChI is InChI=1S/C20H29N3O4/c1-20(2,18(24)21-14-15-6-5-11-27-15)19(25)22-16-7-3-4-8-17(16)23-9-12-26-13-10-23/h3-4,7-8,15H,5-6,9-14H2,1-2H3,(H,21,24)(H,22,25). The highest BCUT2D eigenvalue weighted by atomic mass is 16.5. The number of carbonyl (C=O) groups excluding carboxylic acids is 2. The zero-order valence-electron chi connectivity index (χ0n) is 16.1. The second-order valence-corrected chi connectivity index (χ2v) is 7.54. The third-order valence-corrected chi connectivity index (χ3v) is 5.15. The SMILES string of the molecule is CC(C)(C(=O)NCC1CCCO1)C(=O)Nc1ccccc1N1CCOCC1. The summed E-state index contributed by atoms with van der Waals surface area (Å²) in [5.41, 5.74) is 0.477. The summed E-state index contributed by atoms with van der Waals surface area (Å²) in [5, 5.41) is 5.80. The van der Waals surface area contributed by atoms with E-state index in [1.807, 2.05) is 24.3 Å². The first kappa shape index (κ1) is 19.6. The van der Waals surface area contributed by atoms with Crippen LogP contribution in [0.1, 0.15) is 26.7 Å². The van der Waals surface area contributed by atoms with Crippen molar-refractivity contribution in [3.63, 3.8) is 0 Å². The Morgan fingerprint density at radius 2 is 1.89 bits per heavy atom. The third kappa shape index (κ3) is 4.78. The van der Waals surface area contributed by atoms with Gasteiger partial charge in [0.25, 0.3) is 0 Å². The first-order valence-electron chi connectivity index (χ1n) is 9.61. The number of nitrogens with one attached hydrogen (secondary N) is 2. The fourth-order valence-corrected chi connectivity index (χ4v) is 3.27. The lowest BCUT2D eigenvalue weighted by Gasteiger charge is -2.31. The molecule has 0 bridgehead atoms. The minimum Gasteiger partial charge on any atom is -0.378 e. The molecule has 1 unspecified atom stereocenters. The van der Waals surface area contributed by atoms with E-state index in [2.05, 4.69) is 15.5 Å². The van der Waals surface area contributed by atoms with Gasteiger partial charge in [0.1, 0.15) is 5.41 Å². The summed E-state index contributed by atoms with van der Waals surface area (Å²) in [6, 6.07) is 7.67. The maximum atomic E-state index is 12.9. The van der Waals surface area contributed by atoms with Crippen molar-refractivity contribution in [2.45, 2.75) is 32.8 Å². The van der Waals surface area contributed by atoms with Crippen LogP contribution in [0.5, 0.6) is 0 Å². The van der Waals surface area contributed by atoms with E-state index >= 15 is 0 Å². The molecular weight excluding hydrogens is 346 g/mol. The minimum absolute atomic E-state index is 0.0508. The molecule has 7 nitrogen and oxygen atoms in total. The molecule has 2 saturated heterocycles. The predicted octanol–water partition coefficient (Wildman–Crippen LogP) is 1.78. The summed E-state index contributed by atoms with van der Waals surface area (Å²) in [4.78, 5) is 27.6. The van der Waals surface area contributed by atoms with E-state index in [9.17, 15) is 9.59 Å². The number of ether oxygens (including phenoxy) is 2. The Labute approximate surface area is 160 Å². The molecule has 0 spiro atoms. The van der Waals surface area contributed by atoms with E-state index in [4.69, 9.17) is 9.47 Å². The van der Waals surface area contributed by atoms with Gasteiger partial charge in [0, 0.05) is 26.2 Å². The van der Waals surface area contributed by atoms with Crippen LogP contribution in [0.15, 0.2) is 24.3 Å². The summed E-state index contributed by atoms with van der Waals surface area (Å²) >= 11 is 0. The molecule has 0 aromatic heterocycles. The predicted molar refractivity (Wildman–Crippen MR) is 104 cm³/mol. The minimum atomic E-state index is -1.18. The quantitative estimate of drug-likeness (QED) is 0.741. The van der Waals surface area contributed by atoms with Gasteiger partial charge in [-0.3, -0.25) is 9.59 Å². The van der Waals surface area contributed by atoms with Gasteiger partial charge in [-0.05, 0) is 38.8 Å². The molecular formula is C20H29N3O4. The van der Waals surface area contributed by atoms with E-state index in [1.165, 1.54) is 0 Å². The summed E-state index contributed by atoms with van der Waals surface area (Å²) in [7, 11) is 0. The molecule has 2 N–H and O–H groups in total. The molecule has 1 atom stereocenters. The second kappa shape index (κ2) is 8.71. The van der Waals surface area contributed by atoms with Gasteiger partial charge >= 0.3 is 0 Å². The zero-order chi connectivity index (χ0) is 19.3. The van der Waals surface area contributed by atoms with E-state index in [0.29, 0.717) is 25.4 Å². The Kier molecular flexibility index (Phi) is 6.34. The Balaban J connectivity index is 1.63. The smallest absolute Gasteiger partial charge is 0.239 e. The number of para-hydroxylation sites is 2. The van der Waals surface area contributed by atoms with Crippen LogP contribution in [-0.4, -0.2) is 57.4 Å². The number of carbonyl (C=O) groups is 2. The number of rotatable bonds is 6. The first-order chi connectivity index (χ1) is 13.0. The second-order valence-electron chi connectivity index (χ2n) is 7.54. The van der Waals surface area contributed by atoms with Crippen molar-refractivity contribution in [3.8, 4) is 0 Å². The molecule has 3 rings (SSSR count). The number of hydrogen-bond donors (Lipinski definition) is 2. The van der Waals surface area contributed by atoms with Crippen molar-refractivity contribution in [1.29, 1.82) is 0 Å². The van der Waals surface area contributed by atoms with Crippen LogP contribution in [0, 0.1) is 5.41 Å². The van der Waals surface area contributed by atoms with E-state index in [0.717, 1.165) is 38.2 Å². The maximum Gasteiger partial charge on any atom is 0.239 e. The van der Waals surface area contributed by atoms with Crippen molar-refractivity contribution < 1.29 is 19.1 Å². The van der Waals surface area contributed by atoms with Crippen molar-refractivity contribution in [2.24, 2.45) is 5.41 Å². The summed E-state index contributed by atoms with van der Waals surface area (Å²) in [6.45, 7) is 7.35. The lowest BCUT2D eigenvalue weighted by atomic mass is 9.90. The van der Waals surface area contributed by atoms with Gasteiger partial charge in [0.15, 0.2) is 0 Å². The molecule has 27 heavy (non-hydrogen) atoms. The Morgan fingerprint density at radius 3 is 2.59 bits per heavy atom. The largest absolute Gasteiger partial charge is 0.378 e. The Morgan fingerprint density at radius 1 is 1.15 bits per heavy atom. The average molecular weight is 375 g/mol. The highest BCUT2D eigenvalue weighted by Crippen LogP contribution is 2.28. The summed E-state index contributed by atoms with van der Waals surface area (Å²) in [6.07, 6.45) is 2.01. The number of morpholine rings is 1. The maximum absolute atomic E-state index is 12.9. The lowest BCUT2D eigenvalue weighted by molar-refractivity contribution is -0.138. The van der Waals surface area contributed by atoms with Crippen LogP contribution in [-0.2, 0) is 19.1 Å². The van der Waals surface area contributed by atoms with Crippen LogP contribution >= 0.6 is 0 Å². The van der Waals surface area contributed by atoms with E-state index in [-0.39, 0.29) is 17.9 Å². The number of nitrogens with zero attached hydrogens (tertiary/aromatic N) is 1. The van der Waals surface area contributed by atoms with Crippen LogP contribution in [0.25, 0.3) is 0 Å². The normalized spacial score (nSPS) is 20.4. The van der Waals surface area contributed by atoms with Crippen LogP contribution in [0.4, 0.5) is 11.4 Å². The van der Waals surface area contributed by atoms with Crippen LogP contribution < -0.4 is 15.5 Å². The molecule has 0 radical (unpaired) electrons. The van der Waals surface area contributed by atoms with Crippen molar-refractivity contribution >= 4 is 23.2 Å². The van der Waals surface area contributed by atoms with Gasteiger partial charge in [0.05, 0.1) is 30.7 Å². The summed E-state index contributed by atoms with van der Waals surface area (Å²) < 4.78 is 10.9. The molecule has 2 heterocycles. The molecule has 2 aliphatic heterocycles. The lowest BCUT2D eigenvalue weighted by Crippen LogP contribution is -2.47. The Bertz CT molecular complexity index is 665. The molecule has 2 amide bonds. The fraction of sp³-hybridized carbons (Fsp3) is 0.600. The third-order valence-electron chi connectivity index (χ3n) is 5.15. The van der Waals surface area contributed by atoms with Crippen molar-refractivity contribution in [3.05, 3.63) is 24.3 Å². The molecule has 0 saturated carbocycles. The fourth-order valence-electron chi connectivity index (χ4n) is 3.27. The molecule has 2 fully saturated rings. The molecule has 1 aromatic rings. The van der Waals surface area contributed by atoms with Crippen LogP contribution in [0.3, 0.4) is 0 Å². The average Bonchev–Trinajstić information content (AvgIpc) is 3.20. The molecule has 7 heteroatoms. The molecule has 0 aliphatic carbocycles. The van der Waals surface area contributed by atoms with Gasteiger partial charge in [-0.2, -0.15) is 0 Å². The zero-order valence-corrected chi connectivity index (χ0v) is 16.1. The van der Waals surface area contributed by atoms with Gasteiger partial charge in [-0.25, -0.2) is 0 Å². The first-order valence-corrected chi connectivity index (χ1v) is 9.61. The van der Waals surface area contributed by atoms with Gasteiger partial charge in [-0.15, -0.1) is 0 Å². The summed E-state index contributed by atoms with van der Waals surface area (Å²) in [5.74, 6) is -0.618. The van der Waals surface area contributed by atoms with Crippen molar-refractivity contribution in [1.82, 2.24) is 5.32 Å². The van der Waals surface area contributed by atoms with Gasteiger partial charge < -0.3 is 25.0 Å². The van der Waals surface area contributed by atoms with Gasteiger partial charge in [-0.1, -0.05) is 12.1 Å². The van der Waals surface area contributed by atoms with E-state index < -0.39 is 5.41 Å². The molecule has 1 aromatic carbocycles. The number of hydrogen-bond acceptors (Lipinski definition) is 5. The topological polar surface area (TPSA) is 79.9 Å². The van der Waals surface area contributed by atoms with Crippen LogP contribution in [0.2, 0.25) is 0 Å². The van der Waals surface area contributed by atoms with Gasteiger partial charge in [0.2, 0.25) is 11.8 Å². The number of amides is 2. The molecule has 2 aliphatic rings. The highest BCUT2D eigenvalue weighted by molar-refractivity contribution is 6.10. The van der Waals surface area contributed by atoms with Crippen molar-refractivity contribution in [2.75, 3.05) is 49.7 Å². The monoisotopic (exact) mass is 375 g/mol. The Hall–Kier alpha value is -2.12. The van der Waals surface area contributed by atoms with E-state index in [1.54, 1.807) is 13.8 Å².